The van der Waals surface area contributed by atoms with Gasteiger partial charge in [-0.05, 0) is 54.1 Å². The van der Waals surface area contributed by atoms with Crippen molar-refractivity contribution >= 4 is 45.8 Å². The first kappa shape index (κ1) is 20.0. The number of para-hydroxylation sites is 2. The van der Waals surface area contributed by atoms with Crippen LogP contribution in [-0.2, 0) is 11.3 Å². The average molecular weight is 454 g/mol. The van der Waals surface area contributed by atoms with Crippen molar-refractivity contribution in [3.63, 3.8) is 0 Å². The number of anilines is 1. The molecule has 0 spiro atoms. The Morgan fingerprint density at radius 3 is 2.55 bits per heavy atom. The number of rotatable bonds is 4. The maximum absolute atomic E-state index is 13.3. The molecule has 3 aromatic carbocycles. The minimum absolute atomic E-state index is 0.00440. The van der Waals surface area contributed by atoms with Crippen LogP contribution in [0.4, 0.5) is 10.1 Å². The summed E-state index contributed by atoms with van der Waals surface area (Å²) in [5, 5.41) is 1.01. The van der Waals surface area contributed by atoms with Crippen molar-refractivity contribution in [3.05, 3.63) is 94.0 Å². The molecule has 1 aromatic heterocycles. The van der Waals surface area contributed by atoms with Crippen LogP contribution in [0.1, 0.15) is 23.7 Å². The summed E-state index contributed by atoms with van der Waals surface area (Å²) in [5.74, 6) is 0.457. The van der Waals surface area contributed by atoms with Gasteiger partial charge in [0.25, 0.3) is 0 Å². The quantitative estimate of drug-likeness (QED) is 0.377. The largest absolute Gasteiger partial charge is 0.323 e. The van der Waals surface area contributed by atoms with Crippen molar-refractivity contribution < 1.29 is 9.18 Å². The van der Waals surface area contributed by atoms with E-state index >= 15 is 0 Å². The molecule has 1 unspecified atom stereocenters. The SMILES string of the molecule is O=C1CC(c2nc3ccccc3n2Cc2ccc(Cl)c(Cl)c2)CN1c1ccc(F)cc1. The van der Waals surface area contributed by atoms with Gasteiger partial charge in [-0.1, -0.05) is 41.4 Å². The Balaban J connectivity index is 1.52. The van der Waals surface area contributed by atoms with Crippen LogP contribution in [0.2, 0.25) is 10.0 Å². The zero-order valence-corrected chi connectivity index (χ0v) is 17.9. The number of hydrogen-bond acceptors (Lipinski definition) is 2. The number of halogens is 3. The Bertz CT molecular complexity index is 1290. The highest BCUT2D eigenvalue weighted by Gasteiger charge is 2.34. The van der Waals surface area contributed by atoms with Crippen molar-refractivity contribution in [3.8, 4) is 0 Å². The summed E-state index contributed by atoms with van der Waals surface area (Å²) in [6.45, 7) is 1.06. The second kappa shape index (κ2) is 7.98. The Kier molecular flexibility index (Phi) is 5.16. The number of carbonyl (C=O) groups is 1. The first-order valence-corrected chi connectivity index (χ1v) is 10.7. The summed E-state index contributed by atoms with van der Waals surface area (Å²) < 4.78 is 15.4. The molecule has 0 N–H and O–H groups in total. The number of carbonyl (C=O) groups excluding carboxylic acids is 1. The summed E-state index contributed by atoms with van der Waals surface area (Å²) >= 11 is 12.3. The van der Waals surface area contributed by atoms with Gasteiger partial charge in [-0.3, -0.25) is 4.79 Å². The standard InChI is InChI=1S/C24H18Cl2FN3O/c25-19-10-5-15(11-20(19)26)13-30-22-4-2-1-3-21(22)28-24(30)16-12-23(31)29(14-16)18-8-6-17(27)7-9-18/h1-11,16H,12-14H2. The highest BCUT2D eigenvalue weighted by atomic mass is 35.5. The summed E-state index contributed by atoms with van der Waals surface area (Å²) in [7, 11) is 0. The molecule has 1 atom stereocenters. The molecule has 0 aliphatic carbocycles. The van der Waals surface area contributed by atoms with E-state index in [0.29, 0.717) is 35.2 Å². The van der Waals surface area contributed by atoms with Gasteiger partial charge >= 0.3 is 0 Å². The van der Waals surface area contributed by atoms with E-state index < -0.39 is 0 Å². The van der Waals surface area contributed by atoms with E-state index in [1.165, 1.54) is 12.1 Å². The van der Waals surface area contributed by atoms with E-state index in [2.05, 4.69) is 4.57 Å². The van der Waals surface area contributed by atoms with Crippen LogP contribution < -0.4 is 4.90 Å². The molecule has 1 aliphatic heterocycles. The first-order chi connectivity index (χ1) is 15.0. The number of hydrogen-bond donors (Lipinski definition) is 0. The van der Waals surface area contributed by atoms with Crippen LogP contribution in [0.15, 0.2) is 66.7 Å². The molecule has 0 radical (unpaired) electrons. The fraction of sp³-hybridized carbons (Fsp3) is 0.167. The van der Waals surface area contributed by atoms with Crippen molar-refractivity contribution in [1.29, 1.82) is 0 Å². The molecule has 0 saturated carbocycles. The number of aromatic nitrogens is 2. The molecule has 1 saturated heterocycles. The molecule has 5 rings (SSSR count). The smallest absolute Gasteiger partial charge is 0.227 e. The van der Waals surface area contributed by atoms with E-state index in [9.17, 15) is 9.18 Å². The average Bonchev–Trinajstić information content (AvgIpc) is 3.32. The third-order valence-corrected chi connectivity index (χ3v) is 6.38. The molecule has 1 aliphatic rings. The number of benzene rings is 3. The lowest BCUT2D eigenvalue weighted by molar-refractivity contribution is -0.117. The zero-order valence-electron chi connectivity index (χ0n) is 16.4. The monoisotopic (exact) mass is 453 g/mol. The first-order valence-electron chi connectivity index (χ1n) is 9.94. The number of amides is 1. The van der Waals surface area contributed by atoms with Crippen molar-refractivity contribution in [2.45, 2.75) is 18.9 Å². The third kappa shape index (κ3) is 3.80. The van der Waals surface area contributed by atoms with Crippen LogP contribution in [0.5, 0.6) is 0 Å². The predicted octanol–water partition coefficient (Wildman–Crippen LogP) is 6.05. The normalized spacial score (nSPS) is 16.4. The maximum atomic E-state index is 13.3. The summed E-state index contributed by atoms with van der Waals surface area (Å²) in [6, 6.07) is 19.5. The Hall–Kier alpha value is -2.89. The molecule has 4 nitrogen and oxygen atoms in total. The lowest BCUT2D eigenvalue weighted by Gasteiger charge is -2.17. The zero-order chi connectivity index (χ0) is 21.5. The maximum Gasteiger partial charge on any atom is 0.227 e. The van der Waals surface area contributed by atoms with Crippen LogP contribution in [0.25, 0.3) is 11.0 Å². The second-order valence-electron chi connectivity index (χ2n) is 7.68. The molecule has 7 heteroatoms. The van der Waals surface area contributed by atoms with E-state index in [0.717, 1.165) is 22.4 Å². The molecular weight excluding hydrogens is 436 g/mol. The summed E-state index contributed by atoms with van der Waals surface area (Å²) in [6.07, 6.45) is 0.349. The molecule has 1 amide bonds. The number of fused-ring (bicyclic) bond motifs is 1. The van der Waals surface area contributed by atoms with E-state index in [4.69, 9.17) is 28.2 Å². The molecular formula is C24H18Cl2FN3O. The molecule has 1 fully saturated rings. The number of nitrogens with zero attached hydrogens (tertiary/aromatic N) is 3. The minimum atomic E-state index is -0.324. The highest BCUT2D eigenvalue weighted by molar-refractivity contribution is 6.42. The van der Waals surface area contributed by atoms with E-state index in [1.54, 1.807) is 23.1 Å². The topological polar surface area (TPSA) is 38.1 Å². The molecule has 4 aromatic rings. The van der Waals surface area contributed by atoms with Crippen LogP contribution in [0.3, 0.4) is 0 Å². The second-order valence-corrected chi connectivity index (χ2v) is 8.49. The van der Waals surface area contributed by atoms with Crippen LogP contribution >= 0.6 is 23.2 Å². The van der Waals surface area contributed by atoms with Gasteiger partial charge in [0, 0.05) is 31.1 Å². The van der Waals surface area contributed by atoms with Gasteiger partial charge in [0.15, 0.2) is 0 Å². The molecule has 31 heavy (non-hydrogen) atoms. The van der Waals surface area contributed by atoms with Gasteiger partial charge in [0.2, 0.25) is 5.91 Å². The lowest BCUT2D eigenvalue weighted by atomic mass is 10.1. The van der Waals surface area contributed by atoms with Crippen molar-refractivity contribution in [1.82, 2.24) is 9.55 Å². The van der Waals surface area contributed by atoms with Gasteiger partial charge < -0.3 is 9.47 Å². The predicted molar refractivity (Wildman–Crippen MR) is 121 cm³/mol. The van der Waals surface area contributed by atoms with Crippen molar-refractivity contribution in [2.24, 2.45) is 0 Å². The van der Waals surface area contributed by atoms with Crippen LogP contribution in [-0.4, -0.2) is 22.0 Å². The Morgan fingerprint density at radius 1 is 1.00 bits per heavy atom. The van der Waals surface area contributed by atoms with Gasteiger partial charge in [-0.25, -0.2) is 9.37 Å². The molecule has 2 heterocycles. The number of imidazole rings is 1. The Labute approximate surface area is 188 Å². The minimum Gasteiger partial charge on any atom is -0.323 e. The van der Waals surface area contributed by atoms with Crippen molar-refractivity contribution in [2.75, 3.05) is 11.4 Å². The lowest BCUT2D eigenvalue weighted by Crippen LogP contribution is -2.24. The van der Waals surface area contributed by atoms with Gasteiger partial charge in [-0.15, -0.1) is 0 Å². The van der Waals surface area contributed by atoms with E-state index in [-0.39, 0.29) is 17.6 Å². The van der Waals surface area contributed by atoms with Crippen LogP contribution in [0, 0.1) is 5.82 Å². The van der Waals surface area contributed by atoms with E-state index in [1.807, 2.05) is 36.4 Å². The Morgan fingerprint density at radius 2 is 1.77 bits per heavy atom. The van der Waals surface area contributed by atoms with Gasteiger partial charge in [0.1, 0.15) is 11.6 Å². The summed E-state index contributed by atoms with van der Waals surface area (Å²) in [5.41, 5.74) is 3.57. The fourth-order valence-electron chi connectivity index (χ4n) is 4.14. The summed E-state index contributed by atoms with van der Waals surface area (Å²) in [4.78, 5) is 19.3. The fourth-order valence-corrected chi connectivity index (χ4v) is 4.46. The van der Waals surface area contributed by atoms with Gasteiger partial charge in [0.05, 0.1) is 21.1 Å². The third-order valence-electron chi connectivity index (χ3n) is 5.64. The molecule has 0 bridgehead atoms. The highest BCUT2D eigenvalue weighted by Crippen LogP contribution is 2.34. The molecule has 156 valence electrons. The van der Waals surface area contributed by atoms with Gasteiger partial charge in [-0.2, -0.15) is 0 Å².